The lowest BCUT2D eigenvalue weighted by molar-refractivity contribution is -0.139. The molecule has 96 valence electrons. The van der Waals surface area contributed by atoms with Gasteiger partial charge in [0.1, 0.15) is 5.82 Å². The van der Waals surface area contributed by atoms with E-state index < -0.39 is 0 Å². The van der Waals surface area contributed by atoms with Crippen molar-refractivity contribution in [1.29, 1.82) is 0 Å². The van der Waals surface area contributed by atoms with E-state index in [2.05, 4.69) is 9.97 Å². The number of thioether (sulfide) groups is 1. The molecule has 0 aliphatic rings. The number of nitrogens with two attached hydrogens (primary N) is 1. The Morgan fingerprint density at radius 2 is 2.39 bits per heavy atom. The van der Waals surface area contributed by atoms with Gasteiger partial charge in [0.25, 0.3) is 0 Å². The molecule has 2 rings (SSSR count). The van der Waals surface area contributed by atoms with E-state index in [-0.39, 0.29) is 5.97 Å². The number of anilines is 1. The molecule has 0 fully saturated rings. The number of benzene rings is 1. The molecule has 0 unspecified atom stereocenters. The van der Waals surface area contributed by atoms with Crippen LogP contribution in [0.5, 0.6) is 0 Å². The van der Waals surface area contributed by atoms with Crippen LogP contribution in [-0.2, 0) is 15.3 Å². The van der Waals surface area contributed by atoms with Gasteiger partial charge in [-0.15, -0.1) is 11.8 Å². The lowest BCUT2D eigenvalue weighted by Gasteiger charge is -1.99. The van der Waals surface area contributed by atoms with Gasteiger partial charge in [-0.1, -0.05) is 0 Å². The molecule has 0 bridgehead atoms. The molecule has 1 aromatic carbocycles. The lowest BCUT2D eigenvalue weighted by atomic mass is 10.3. The second-order valence-corrected chi connectivity index (χ2v) is 4.74. The monoisotopic (exact) mass is 265 g/mol. The van der Waals surface area contributed by atoms with E-state index in [4.69, 9.17) is 10.5 Å². The van der Waals surface area contributed by atoms with Crippen LogP contribution in [0, 0.1) is 0 Å². The number of hydrogen-bond donors (Lipinski definition) is 2. The van der Waals surface area contributed by atoms with Crippen molar-refractivity contribution >= 4 is 34.5 Å². The zero-order valence-corrected chi connectivity index (χ0v) is 10.9. The first kappa shape index (κ1) is 12.8. The fourth-order valence-electron chi connectivity index (χ4n) is 1.58. The van der Waals surface area contributed by atoms with Crippen LogP contribution < -0.4 is 5.73 Å². The Labute approximate surface area is 109 Å². The molecule has 0 radical (unpaired) electrons. The first-order valence-corrected chi connectivity index (χ1v) is 6.82. The van der Waals surface area contributed by atoms with Crippen LogP contribution in [0.15, 0.2) is 18.2 Å². The molecule has 1 aromatic heterocycles. The van der Waals surface area contributed by atoms with Gasteiger partial charge in [0.2, 0.25) is 0 Å². The van der Waals surface area contributed by atoms with Crippen LogP contribution in [0.25, 0.3) is 11.0 Å². The van der Waals surface area contributed by atoms with Gasteiger partial charge in [-0.3, -0.25) is 4.79 Å². The van der Waals surface area contributed by atoms with E-state index in [9.17, 15) is 4.79 Å². The maximum Gasteiger partial charge on any atom is 0.315 e. The second-order valence-electron chi connectivity index (χ2n) is 3.76. The maximum atomic E-state index is 11.2. The van der Waals surface area contributed by atoms with Crippen LogP contribution in [0.3, 0.4) is 0 Å². The Morgan fingerprint density at radius 3 is 3.17 bits per heavy atom. The van der Waals surface area contributed by atoms with Crippen LogP contribution in [0.1, 0.15) is 12.7 Å². The maximum absolute atomic E-state index is 11.2. The molecule has 0 aliphatic heterocycles. The van der Waals surface area contributed by atoms with Gasteiger partial charge in [-0.2, -0.15) is 0 Å². The Morgan fingerprint density at radius 1 is 1.56 bits per heavy atom. The fraction of sp³-hybridized carbons (Fsp3) is 0.333. The first-order valence-electron chi connectivity index (χ1n) is 5.66. The number of esters is 1. The van der Waals surface area contributed by atoms with Crippen molar-refractivity contribution in [2.24, 2.45) is 0 Å². The van der Waals surface area contributed by atoms with Crippen molar-refractivity contribution in [1.82, 2.24) is 9.97 Å². The van der Waals surface area contributed by atoms with Gasteiger partial charge in [-0.25, -0.2) is 4.98 Å². The van der Waals surface area contributed by atoms with Gasteiger partial charge in [-0.05, 0) is 25.1 Å². The van der Waals surface area contributed by atoms with E-state index in [1.54, 1.807) is 6.92 Å². The number of imidazole rings is 1. The third kappa shape index (κ3) is 3.16. The zero-order valence-electron chi connectivity index (χ0n) is 10.1. The summed E-state index contributed by atoms with van der Waals surface area (Å²) in [5.74, 6) is 1.63. The van der Waals surface area contributed by atoms with Gasteiger partial charge in [0.05, 0.1) is 29.1 Å². The number of carbonyl (C=O) groups is 1. The number of aromatic amines is 1. The Hall–Kier alpha value is -1.69. The predicted octanol–water partition coefficient (Wildman–Crippen LogP) is 1.94. The number of nitrogen functional groups attached to an aromatic ring is 1. The number of nitrogens with one attached hydrogen (secondary N) is 1. The molecule has 0 saturated heterocycles. The van der Waals surface area contributed by atoms with Crippen LogP contribution >= 0.6 is 11.8 Å². The molecule has 0 atom stereocenters. The highest BCUT2D eigenvalue weighted by Gasteiger charge is 2.06. The highest BCUT2D eigenvalue weighted by atomic mass is 32.2. The molecule has 2 aromatic rings. The minimum atomic E-state index is -0.192. The van der Waals surface area contributed by atoms with Crippen LogP contribution in [-0.4, -0.2) is 28.3 Å². The summed E-state index contributed by atoms with van der Waals surface area (Å²) >= 11 is 1.47. The third-order valence-corrected chi connectivity index (χ3v) is 3.24. The van der Waals surface area contributed by atoms with E-state index in [1.807, 2.05) is 18.2 Å². The summed E-state index contributed by atoms with van der Waals surface area (Å²) < 4.78 is 4.85. The molecule has 1 heterocycles. The molecule has 0 saturated carbocycles. The van der Waals surface area contributed by atoms with Gasteiger partial charge in [0, 0.05) is 5.69 Å². The topological polar surface area (TPSA) is 81.0 Å². The van der Waals surface area contributed by atoms with E-state index in [0.717, 1.165) is 16.9 Å². The minimum Gasteiger partial charge on any atom is -0.465 e. The average Bonchev–Trinajstić information content (AvgIpc) is 2.71. The number of hydrogen-bond acceptors (Lipinski definition) is 5. The summed E-state index contributed by atoms with van der Waals surface area (Å²) in [5, 5.41) is 0. The van der Waals surface area contributed by atoms with Crippen molar-refractivity contribution in [2.75, 3.05) is 18.1 Å². The third-order valence-electron chi connectivity index (χ3n) is 2.32. The minimum absolute atomic E-state index is 0.192. The smallest absolute Gasteiger partial charge is 0.315 e. The lowest BCUT2D eigenvalue weighted by Crippen LogP contribution is -2.06. The number of fused-ring (bicyclic) bond motifs is 1. The Kier molecular flexibility index (Phi) is 4.09. The summed E-state index contributed by atoms with van der Waals surface area (Å²) in [4.78, 5) is 18.8. The van der Waals surface area contributed by atoms with E-state index in [1.165, 1.54) is 11.8 Å². The largest absolute Gasteiger partial charge is 0.465 e. The molecule has 0 amide bonds. The number of rotatable bonds is 5. The molecular weight excluding hydrogens is 250 g/mol. The van der Waals surface area contributed by atoms with Crippen molar-refractivity contribution in [3.05, 3.63) is 24.0 Å². The van der Waals surface area contributed by atoms with Gasteiger partial charge >= 0.3 is 5.97 Å². The molecule has 0 spiro atoms. The van der Waals surface area contributed by atoms with Gasteiger partial charge < -0.3 is 15.5 Å². The molecule has 18 heavy (non-hydrogen) atoms. The number of aromatic nitrogens is 2. The standard InChI is InChI=1S/C12H15N3O2S/c1-2-17-12(16)7-18-6-11-14-9-4-3-8(13)5-10(9)15-11/h3-5H,2,6-7,13H2,1H3,(H,14,15). The predicted molar refractivity (Wildman–Crippen MR) is 73.3 cm³/mol. The number of carbonyl (C=O) groups excluding carboxylic acids is 1. The fourth-order valence-corrected chi connectivity index (χ4v) is 2.26. The highest BCUT2D eigenvalue weighted by Crippen LogP contribution is 2.17. The molecule has 5 nitrogen and oxygen atoms in total. The number of H-pyrrole nitrogens is 1. The normalized spacial score (nSPS) is 10.7. The zero-order chi connectivity index (χ0) is 13.0. The quantitative estimate of drug-likeness (QED) is 0.638. The molecular formula is C12H15N3O2S. The average molecular weight is 265 g/mol. The van der Waals surface area contributed by atoms with Crippen molar-refractivity contribution in [3.63, 3.8) is 0 Å². The number of ether oxygens (including phenoxy) is 1. The van der Waals surface area contributed by atoms with Gasteiger partial charge in [0.15, 0.2) is 0 Å². The summed E-state index contributed by atoms with van der Waals surface area (Å²) in [6.45, 7) is 2.22. The van der Waals surface area contributed by atoms with E-state index >= 15 is 0 Å². The van der Waals surface area contributed by atoms with Crippen LogP contribution in [0.4, 0.5) is 5.69 Å². The summed E-state index contributed by atoms with van der Waals surface area (Å²) in [6.07, 6.45) is 0. The Balaban J connectivity index is 1.94. The van der Waals surface area contributed by atoms with Crippen molar-refractivity contribution in [3.8, 4) is 0 Å². The Bertz CT molecular complexity index is 553. The van der Waals surface area contributed by atoms with Crippen molar-refractivity contribution < 1.29 is 9.53 Å². The number of nitrogens with zero attached hydrogens (tertiary/aromatic N) is 1. The molecule has 3 N–H and O–H groups in total. The summed E-state index contributed by atoms with van der Waals surface area (Å²) in [7, 11) is 0. The van der Waals surface area contributed by atoms with E-state index in [0.29, 0.717) is 23.8 Å². The summed E-state index contributed by atoms with van der Waals surface area (Å²) in [6, 6.07) is 5.54. The SMILES string of the molecule is CCOC(=O)CSCc1nc2ccc(N)cc2[nH]1. The molecule has 6 heteroatoms. The highest BCUT2D eigenvalue weighted by molar-refractivity contribution is 7.99. The molecule has 0 aliphatic carbocycles. The second kappa shape index (κ2) is 5.77. The first-order chi connectivity index (χ1) is 8.69. The summed E-state index contributed by atoms with van der Waals surface area (Å²) in [5.41, 5.74) is 8.20. The van der Waals surface area contributed by atoms with Crippen LogP contribution in [0.2, 0.25) is 0 Å². The van der Waals surface area contributed by atoms with Crippen molar-refractivity contribution in [2.45, 2.75) is 12.7 Å².